The van der Waals surface area contributed by atoms with E-state index in [1.54, 1.807) is 6.07 Å². The van der Waals surface area contributed by atoms with Crippen LogP contribution in [0.4, 0.5) is 10.1 Å². The molecule has 2 aromatic carbocycles. The van der Waals surface area contributed by atoms with Gasteiger partial charge in [0.1, 0.15) is 5.82 Å². The molecule has 21 heavy (non-hydrogen) atoms. The number of nitrogens with one attached hydrogen (secondary N) is 1. The van der Waals surface area contributed by atoms with Crippen molar-refractivity contribution in [2.45, 2.75) is 39.2 Å². The second kappa shape index (κ2) is 6.18. The lowest BCUT2D eigenvalue weighted by Crippen LogP contribution is -2.12. The van der Waals surface area contributed by atoms with Crippen molar-refractivity contribution < 1.29 is 4.39 Å². The van der Waals surface area contributed by atoms with Gasteiger partial charge in [-0.15, -0.1) is 0 Å². The van der Waals surface area contributed by atoms with Gasteiger partial charge in [0.15, 0.2) is 0 Å². The van der Waals surface area contributed by atoms with Crippen LogP contribution < -0.4 is 5.32 Å². The molecule has 0 saturated carbocycles. The van der Waals surface area contributed by atoms with Gasteiger partial charge in [-0.25, -0.2) is 4.39 Å². The molecule has 0 aliphatic carbocycles. The van der Waals surface area contributed by atoms with Crippen molar-refractivity contribution in [1.29, 1.82) is 0 Å². The van der Waals surface area contributed by atoms with E-state index in [1.165, 1.54) is 11.6 Å². The maximum atomic E-state index is 13.9. The fraction of sp³-hybridized carbons (Fsp3) is 0.333. The molecule has 0 saturated heterocycles. The van der Waals surface area contributed by atoms with Gasteiger partial charge in [0.05, 0.1) is 5.69 Å². The standard InChI is InChI=1S/C18H21BrFN/c1-12(21-17-15(19)6-5-7-16(17)20)13-8-10-14(11-9-13)18(2,3)4/h5-12,21H,1-4H3. The Morgan fingerprint density at radius 3 is 2.19 bits per heavy atom. The third-order valence-corrected chi connectivity index (χ3v) is 4.26. The average Bonchev–Trinajstić information content (AvgIpc) is 2.42. The third-order valence-electron chi connectivity index (χ3n) is 3.60. The van der Waals surface area contributed by atoms with Crippen LogP contribution >= 0.6 is 15.9 Å². The molecule has 0 aliphatic rings. The molecule has 0 bridgehead atoms. The van der Waals surface area contributed by atoms with Gasteiger partial charge in [-0.05, 0) is 51.5 Å². The number of hydrogen-bond donors (Lipinski definition) is 1. The smallest absolute Gasteiger partial charge is 0.147 e. The molecule has 0 aliphatic heterocycles. The van der Waals surface area contributed by atoms with Gasteiger partial charge < -0.3 is 5.32 Å². The van der Waals surface area contributed by atoms with Gasteiger partial charge >= 0.3 is 0 Å². The van der Waals surface area contributed by atoms with Crippen molar-refractivity contribution in [3.05, 3.63) is 63.9 Å². The van der Waals surface area contributed by atoms with Crippen LogP contribution in [0.3, 0.4) is 0 Å². The lowest BCUT2D eigenvalue weighted by Gasteiger charge is -2.21. The van der Waals surface area contributed by atoms with Crippen molar-refractivity contribution >= 4 is 21.6 Å². The number of halogens is 2. The third kappa shape index (κ3) is 3.85. The van der Waals surface area contributed by atoms with E-state index in [-0.39, 0.29) is 17.3 Å². The zero-order valence-corrected chi connectivity index (χ0v) is 14.5. The first kappa shape index (κ1) is 16.0. The van der Waals surface area contributed by atoms with E-state index in [9.17, 15) is 4.39 Å². The van der Waals surface area contributed by atoms with E-state index >= 15 is 0 Å². The number of benzene rings is 2. The summed E-state index contributed by atoms with van der Waals surface area (Å²) >= 11 is 3.38. The zero-order valence-electron chi connectivity index (χ0n) is 12.9. The van der Waals surface area contributed by atoms with E-state index in [1.807, 2.05) is 13.0 Å². The predicted molar refractivity (Wildman–Crippen MR) is 91.3 cm³/mol. The largest absolute Gasteiger partial charge is 0.375 e. The molecule has 0 radical (unpaired) electrons. The molecule has 112 valence electrons. The number of anilines is 1. The highest BCUT2D eigenvalue weighted by Gasteiger charge is 2.15. The average molecular weight is 350 g/mol. The molecule has 2 aromatic rings. The first-order chi connectivity index (χ1) is 9.79. The normalized spacial score (nSPS) is 13.0. The van der Waals surface area contributed by atoms with E-state index < -0.39 is 0 Å². The Balaban J connectivity index is 2.19. The minimum absolute atomic E-state index is 0.0345. The molecule has 1 N–H and O–H groups in total. The molecule has 1 unspecified atom stereocenters. The summed E-state index contributed by atoms with van der Waals surface area (Å²) in [6.45, 7) is 8.62. The van der Waals surface area contributed by atoms with Crippen LogP contribution in [0.25, 0.3) is 0 Å². The van der Waals surface area contributed by atoms with Crippen LogP contribution in [0.15, 0.2) is 46.9 Å². The van der Waals surface area contributed by atoms with Crippen LogP contribution in [-0.4, -0.2) is 0 Å². The fourth-order valence-corrected chi connectivity index (χ4v) is 2.66. The fourth-order valence-electron chi connectivity index (χ4n) is 2.21. The van der Waals surface area contributed by atoms with E-state index in [4.69, 9.17) is 0 Å². The molecule has 1 nitrogen and oxygen atoms in total. The second-order valence-corrected chi connectivity index (χ2v) is 7.19. The molecule has 0 heterocycles. The number of rotatable bonds is 3. The maximum absolute atomic E-state index is 13.9. The number of para-hydroxylation sites is 1. The first-order valence-corrected chi connectivity index (χ1v) is 7.89. The summed E-state index contributed by atoms with van der Waals surface area (Å²) in [6, 6.07) is 13.5. The number of hydrogen-bond acceptors (Lipinski definition) is 1. The predicted octanol–water partition coefficient (Wildman–Crippen LogP) is 6.06. The summed E-state index contributed by atoms with van der Waals surface area (Å²) < 4.78 is 14.6. The van der Waals surface area contributed by atoms with Crippen LogP contribution in [0.1, 0.15) is 44.9 Å². The topological polar surface area (TPSA) is 12.0 Å². The quantitative estimate of drug-likeness (QED) is 0.710. The monoisotopic (exact) mass is 349 g/mol. The lowest BCUT2D eigenvalue weighted by atomic mass is 9.86. The highest BCUT2D eigenvalue weighted by molar-refractivity contribution is 9.10. The summed E-state index contributed by atoms with van der Waals surface area (Å²) in [5, 5.41) is 3.23. The summed E-state index contributed by atoms with van der Waals surface area (Å²) in [5.41, 5.74) is 3.08. The van der Waals surface area contributed by atoms with Crippen molar-refractivity contribution in [2.24, 2.45) is 0 Å². The first-order valence-electron chi connectivity index (χ1n) is 7.10. The van der Waals surface area contributed by atoms with Crippen molar-refractivity contribution in [1.82, 2.24) is 0 Å². The van der Waals surface area contributed by atoms with Crippen molar-refractivity contribution in [2.75, 3.05) is 5.32 Å². The van der Waals surface area contributed by atoms with Crippen LogP contribution in [-0.2, 0) is 5.41 Å². The Bertz CT molecular complexity index is 594. The van der Waals surface area contributed by atoms with Gasteiger partial charge in [-0.2, -0.15) is 0 Å². The summed E-state index contributed by atoms with van der Waals surface area (Å²) in [5.74, 6) is -0.248. The Morgan fingerprint density at radius 2 is 1.67 bits per heavy atom. The van der Waals surface area contributed by atoms with Crippen molar-refractivity contribution in [3.8, 4) is 0 Å². The molecule has 1 atom stereocenters. The van der Waals surface area contributed by atoms with Gasteiger partial charge in [-0.3, -0.25) is 0 Å². The Hall–Kier alpha value is -1.35. The summed E-state index contributed by atoms with van der Waals surface area (Å²) in [6.07, 6.45) is 0. The molecule has 0 aromatic heterocycles. The molecule has 0 spiro atoms. The zero-order chi connectivity index (χ0) is 15.6. The highest BCUT2D eigenvalue weighted by Crippen LogP contribution is 2.30. The van der Waals surface area contributed by atoms with Gasteiger partial charge in [0.2, 0.25) is 0 Å². The molecule has 0 fully saturated rings. The SMILES string of the molecule is CC(Nc1c(F)cccc1Br)c1ccc(C(C)(C)C)cc1. The van der Waals surface area contributed by atoms with Crippen LogP contribution in [0, 0.1) is 5.82 Å². The molecular formula is C18H21BrFN. The molecule has 3 heteroatoms. The minimum atomic E-state index is -0.248. The Labute approximate surface area is 134 Å². The second-order valence-electron chi connectivity index (χ2n) is 6.33. The maximum Gasteiger partial charge on any atom is 0.147 e. The Morgan fingerprint density at radius 1 is 1.05 bits per heavy atom. The van der Waals surface area contributed by atoms with E-state index in [2.05, 4.69) is 66.3 Å². The lowest BCUT2D eigenvalue weighted by molar-refractivity contribution is 0.589. The van der Waals surface area contributed by atoms with Crippen molar-refractivity contribution in [3.63, 3.8) is 0 Å². The highest BCUT2D eigenvalue weighted by atomic mass is 79.9. The minimum Gasteiger partial charge on any atom is -0.375 e. The van der Waals surface area contributed by atoms with Gasteiger partial charge in [-0.1, -0.05) is 51.1 Å². The van der Waals surface area contributed by atoms with Gasteiger partial charge in [0, 0.05) is 10.5 Å². The van der Waals surface area contributed by atoms with Crippen LogP contribution in [0.2, 0.25) is 0 Å². The van der Waals surface area contributed by atoms with E-state index in [0.717, 1.165) is 10.0 Å². The summed E-state index contributed by atoms with van der Waals surface area (Å²) in [7, 11) is 0. The van der Waals surface area contributed by atoms with Crippen LogP contribution in [0.5, 0.6) is 0 Å². The Kier molecular flexibility index (Phi) is 4.72. The summed E-state index contributed by atoms with van der Waals surface area (Å²) in [4.78, 5) is 0. The molecular weight excluding hydrogens is 329 g/mol. The molecule has 2 rings (SSSR count). The molecule has 0 amide bonds. The van der Waals surface area contributed by atoms with Gasteiger partial charge in [0.25, 0.3) is 0 Å². The van der Waals surface area contributed by atoms with E-state index in [0.29, 0.717) is 5.69 Å².